The molecule has 2 N–H and O–H groups in total. The summed E-state index contributed by atoms with van der Waals surface area (Å²) < 4.78 is 1.84. The smallest absolute Gasteiger partial charge is 0.242 e. The molecule has 0 bridgehead atoms. The Kier molecular flexibility index (Phi) is 7.83. The van der Waals surface area contributed by atoms with E-state index in [2.05, 4.69) is 30.6 Å². The minimum atomic E-state index is -0.282. The van der Waals surface area contributed by atoms with Crippen molar-refractivity contribution in [1.82, 2.24) is 34.2 Å². The van der Waals surface area contributed by atoms with Crippen LogP contribution in [0.1, 0.15) is 53.9 Å². The van der Waals surface area contributed by atoms with Crippen molar-refractivity contribution in [2.75, 3.05) is 36.2 Å². The average Bonchev–Trinajstić information content (AvgIpc) is 3.62. The van der Waals surface area contributed by atoms with Crippen LogP contribution in [0, 0.1) is 26.7 Å². The van der Waals surface area contributed by atoms with E-state index in [9.17, 15) is 14.4 Å². The second-order valence-electron chi connectivity index (χ2n) is 10.9. The molecule has 0 spiro atoms. The van der Waals surface area contributed by atoms with Crippen LogP contribution in [0.3, 0.4) is 0 Å². The Morgan fingerprint density at radius 2 is 1.86 bits per heavy atom. The molecule has 1 fully saturated rings. The third-order valence-electron chi connectivity index (χ3n) is 7.10. The van der Waals surface area contributed by atoms with Gasteiger partial charge in [0.05, 0.1) is 17.4 Å². The van der Waals surface area contributed by atoms with Gasteiger partial charge in [0.2, 0.25) is 18.2 Å². The van der Waals surface area contributed by atoms with Crippen molar-refractivity contribution < 1.29 is 14.4 Å². The van der Waals surface area contributed by atoms with E-state index >= 15 is 0 Å². The van der Waals surface area contributed by atoms with Crippen molar-refractivity contribution in [2.24, 2.45) is 5.92 Å². The van der Waals surface area contributed by atoms with Gasteiger partial charge in [0.25, 0.3) is 0 Å². The first kappa shape index (κ1) is 28.6. The molecule has 13 heteroatoms. The Labute approximate surface area is 243 Å². The number of hydrogen-bond donors (Lipinski definition) is 2. The highest BCUT2D eigenvalue weighted by Gasteiger charge is 2.46. The Hall–Kier alpha value is -4.94. The lowest BCUT2D eigenvalue weighted by atomic mass is 10.2. The lowest BCUT2D eigenvalue weighted by molar-refractivity contribution is -0.128. The van der Waals surface area contributed by atoms with Crippen molar-refractivity contribution in [1.29, 1.82) is 0 Å². The van der Waals surface area contributed by atoms with Gasteiger partial charge in [0.15, 0.2) is 5.65 Å². The number of aromatic nitrogens is 6. The first-order chi connectivity index (χ1) is 20.0. The van der Waals surface area contributed by atoms with Crippen molar-refractivity contribution in [3.63, 3.8) is 0 Å². The second-order valence-corrected chi connectivity index (χ2v) is 10.9. The van der Waals surface area contributed by atoms with Crippen LogP contribution in [0.2, 0.25) is 0 Å². The summed E-state index contributed by atoms with van der Waals surface area (Å²) in [5.41, 5.74) is 3.57. The van der Waals surface area contributed by atoms with E-state index in [1.165, 1.54) is 9.80 Å². The maximum absolute atomic E-state index is 12.9. The number of fused-ring (bicyclic) bond motifs is 1. The van der Waals surface area contributed by atoms with Gasteiger partial charge in [0.1, 0.15) is 29.8 Å². The average molecular weight is 571 g/mol. The lowest BCUT2D eigenvalue weighted by Crippen LogP contribution is -2.36. The van der Waals surface area contributed by atoms with Gasteiger partial charge in [-0.25, -0.2) is 24.9 Å². The fraction of sp³-hybridized carbons (Fsp3) is 0.379. The van der Waals surface area contributed by atoms with Crippen LogP contribution in [0.25, 0.3) is 5.65 Å². The van der Waals surface area contributed by atoms with Gasteiger partial charge in [-0.2, -0.15) is 0 Å². The molecule has 0 aromatic carbocycles. The number of carbonyl (C=O) groups excluding carboxylic acids is 3. The van der Waals surface area contributed by atoms with E-state index < -0.39 is 0 Å². The van der Waals surface area contributed by atoms with Crippen molar-refractivity contribution in [3.8, 4) is 0 Å². The number of nitrogens with one attached hydrogen (secondary N) is 2. The summed E-state index contributed by atoms with van der Waals surface area (Å²) in [5.74, 6) is 1.59. The van der Waals surface area contributed by atoms with Crippen LogP contribution in [0.5, 0.6) is 0 Å². The first-order valence-corrected chi connectivity index (χ1v) is 13.7. The summed E-state index contributed by atoms with van der Waals surface area (Å²) in [4.78, 5) is 62.5. The van der Waals surface area contributed by atoms with Gasteiger partial charge < -0.3 is 24.8 Å². The first-order valence-electron chi connectivity index (χ1n) is 13.7. The number of rotatable bonds is 10. The van der Waals surface area contributed by atoms with Gasteiger partial charge in [-0.3, -0.25) is 14.4 Å². The third kappa shape index (κ3) is 6.19. The van der Waals surface area contributed by atoms with E-state index in [1.807, 2.05) is 49.7 Å². The Morgan fingerprint density at radius 3 is 2.57 bits per heavy atom. The lowest BCUT2D eigenvalue weighted by Gasteiger charge is -2.20. The minimum absolute atomic E-state index is 0.00479. The van der Waals surface area contributed by atoms with E-state index in [1.54, 1.807) is 33.3 Å². The number of pyridine rings is 1. The monoisotopic (exact) mass is 570 g/mol. The number of carbonyl (C=O) groups is 3. The number of likely N-dealkylation sites (N-methyl/N-ethyl adjacent to an activating group) is 1. The summed E-state index contributed by atoms with van der Waals surface area (Å²) in [6.07, 6.45) is 6.84. The predicted molar refractivity (Wildman–Crippen MR) is 157 cm³/mol. The molecule has 0 aliphatic heterocycles. The number of nitrogens with zero attached hydrogens (tertiary/aromatic N) is 8. The number of aryl methyl sites for hydroxylation is 3. The zero-order valence-electron chi connectivity index (χ0n) is 24.5. The molecule has 1 aliphatic rings. The Balaban J connectivity index is 1.31. The number of imidazole rings is 1. The largest absolute Gasteiger partial charge is 0.362 e. The van der Waals surface area contributed by atoms with Gasteiger partial charge in [-0.15, -0.1) is 0 Å². The highest BCUT2D eigenvalue weighted by atomic mass is 16.2. The van der Waals surface area contributed by atoms with Crippen LogP contribution in [0.15, 0.2) is 36.8 Å². The quantitative estimate of drug-likeness (QED) is 0.274. The van der Waals surface area contributed by atoms with Gasteiger partial charge >= 0.3 is 0 Å². The molecular formula is C29H34N10O3. The molecule has 13 nitrogen and oxygen atoms in total. The topological polar surface area (TPSA) is 151 Å². The zero-order chi connectivity index (χ0) is 30.1. The molecule has 5 rings (SSSR count). The van der Waals surface area contributed by atoms with Crippen molar-refractivity contribution in [2.45, 2.75) is 46.1 Å². The van der Waals surface area contributed by atoms with Crippen molar-refractivity contribution >= 4 is 41.2 Å². The molecule has 3 amide bonds. The molecule has 4 aromatic rings. The summed E-state index contributed by atoms with van der Waals surface area (Å²) in [5, 5.41) is 6.26. The third-order valence-corrected chi connectivity index (χ3v) is 7.10. The summed E-state index contributed by atoms with van der Waals surface area (Å²) in [6, 6.07) is 5.07. The highest BCUT2D eigenvalue weighted by Crippen LogP contribution is 2.46. The summed E-state index contributed by atoms with van der Waals surface area (Å²) >= 11 is 0. The molecule has 42 heavy (non-hydrogen) atoms. The molecular weight excluding hydrogens is 536 g/mol. The predicted octanol–water partition coefficient (Wildman–Crippen LogP) is 2.81. The molecule has 4 heterocycles. The molecule has 3 atom stereocenters. The number of amides is 3. The maximum Gasteiger partial charge on any atom is 0.242 e. The molecule has 1 aliphatic carbocycles. The van der Waals surface area contributed by atoms with E-state index in [0.717, 1.165) is 11.3 Å². The summed E-state index contributed by atoms with van der Waals surface area (Å²) in [7, 11) is 3.29. The number of anilines is 3. The fourth-order valence-electron chi connectivity index (χ4n) is 4.76. The molecule has 0 radical (unpaired) electrons. The van der Waals surface area contributed by atoms with Crippen LogP contribution in [-0.4, -0.2) is 73.1 Å². The number of hydrogen-bond acceptors (Lipinski definition) is 9. The van der Waals surface area contributed by atoms with E-state index in [4.69, 9.17) is 4.98 Å². The normalized spacial score (nSPS) is 16.5. The van der Waals surface area contributed by atoms with E-state index in [0.29, 0.717) is 53.1 Å². The Bertz CT molecular complexity index is 1670. The summed E-state index contributed by atoms with van der Waals surface area (Å²) in [6.45, 7) is 7.42. The van der Waals surface area contributed by atoms with E-state index in [-0.39, 0.29) is 36.2 Å². The molecule has 4 aromatic heterocycles. The van der Waals surface area contributed by atoms with Crippen LogP contribution < -0.4 is 15.5 Å². The molecule has 1 unspecified atom stereocenters. The van der Waals surface area contributed by atoms with Gasteiger partial charge in [-0.05, 0) is 51.8 Å². The molecule has 218 valence electrons. The fourth-order valence-corrected chi connectivity index (χ4v) is 4.76. The van der Waals surface area contributed by atoms with Gasteiger partial charge in [-0.1, -0.05) is 0 Å². The van der Waals surface area contributed by atoms with Crippen molar-refractivity contribution in [3.05, 3.63) is 65.4 Å². The molecule has 0 saturated heterocycles. The minimum Gasteiger partial charge on any atom is -0.362 e. The highest BCUT2D eigenvalue weighted by molar-refractivity contribution is 5.94. The van der Waals surface area contributed by atoms with Crippen LogP contribution >= 0.6 is 0 Å². The van der Waals surface area contributed by atoms with Crippen LogP contribution in [-0.2, 0) is 14.4 Å². The second kappa shape index (κ2) is 11.5. The zero-order valence-corrected chi connectivity index (χ0v) is 24.5. The standard InChI is InChI=1S/C29H34N10O3/c1-16-9-23(39(15-40)14-26(41)37(5)6)28-35-22(13-38(28)12-16)18(3)32-24-11-25(34-19(4)33-24)36-29(42)21-10-20(21)27-30-8-7-17(2)31-27/h7-9,11-13,15,18,20-21H,10,14H2,1-6H3,(H2,32,33,34,36,42)/t18-,20+,21?/m1/s1. The maximum atomic E-state index is 12.9. The Morgan fingerprint density at radius 1 is 1.10 bits per heavy atom. The van der Waals surface area contributed by atoms with Gasteiger partial charge in [0, 0.05) is 56.3 Å². The SMILES string of the molecule is Cc1cc(N(C=O)CC(=O)N(C)C)c2nc([C@@H](C)Nc3cc(NC(=O)C4C[C@@H]4c4nccc(C)n4)nc(C)n3)cn2c1. The van der Waals surface area contributed by atoms with Crippen LogP contribution in [0.4, 0.5) is 17.3 Å². The molecule has 1 saturated carbocycles.